The quantitative estimate of drug-likeness (QED) is 0.756. The maximum atomic E-state index is 12.3. The van der Waals surface area contributed by atoms with Crippen LogP contribution in [0.25, 0.3) is 0 Å². The number of nitrogens with one attached hydrogen (secondary N) is 1. The van der Waals surface area contributed by atoms with Crippen LogP contribution in [0, 0.1) is 0 Å². The summed E-state index contributed by atoms with van der Waals surface area (Å²) in [6, 6.07) is 11.5. The molecule has 1 amide bonds. The summed E-state index contributed by atoms with van der Waals surface area (Å²) in [5.74, 6) is -1.41. The molecule has 5 nitrogen and oxygen atoms in total. The Balaban J connectivity index is 2.22. The number of nitrogens with two attached hydrogens (primary N) is 1. The van der Waals surface area contributed by atoms with E-state index in [1.54, 1.807) is 12.1 Å². The summed E-state index contributed by atoms with van der Waals surface area (Å²) in [5.41, 5.74) is 8.08. The first-order valence-electron chi connectivity index (χ1n) is 7.23. The van der Waals surface area contributed by atoms with Crippen molar-refractivity contribution in [2.45, 2.75) is 26.2 Å². The lowest BCUT2D eigenvalue weighted by Gasteiger charge is -2.19. The van der Waals surface area contributed by atoms with Gasteiger partial charge in [-0.15, -0.1) is 0 Å². The average molecular weight is 312 g/mol. The number of carboxylic acid groups (broad SMARTS) is 1. The van der Waals surface area contributed by atoms with Gasteiger partial charge in [0.1, 0.15) is 0 Å². The highest BCUT2D eigenvalue weighted by molar-refractivity contribution is 6.06. The van der Waals surface area contributed by atoms with Crippen LogP contribution in [-0.4, -0.2) is 17.0 Å². The van der Waals surface area contributed by atoms with Crippen LogP contribution >= 0.6 is 0 Å². The van der Waals surface area contributed by atoms with E-state index in [4.69, 9.17) is 10.8 Å². The molecule has 2 rings (SSSR count). The fourth-order valence-electron chi connectivity index (χ4n) is 2.11. The molecule has 0 spiro atoms. The highest BCUT2D eigenvalue weighted by atomic mass is 16.4. The Kier molecular flexibility index (Phi) is 4.40. The van der Waals surface area contributed by atoms with Gasteiger partial charge < -0.3 is 16.2 Å². The second-order valence-electron chi connectivity index (χ2n) is 6.39. The zero-order chi connectivity index (χ0) is 17.2. The molecule has 0 saturated carbocycles. The first-order valence-corrected chi connectivity index (χ1v) is 7.23. The van der Waals surface area contributed by atoms with Gasteiger partial charge in [0.05, 0.1) is 16.9 Å². The number of rotatable bonds is 3. The molecule has 0 bridgehead atoms. The van der Waals surface area contributed by atoms with E-state index in [-0.39, 0.29) is 22.6 Å². The Bertz CT molecular complexity index is 744. The van der Waals surface area contributed by atoms with E-state index in [2.05, 4.69) is 26.1 Å². The third kappa shape index (κ3) is 3.88. The largest absolute Gasteiger partial charge is 0.478 e. The maximum Gasteiger partial charge on any atom is 0.335 e. The lowest BCUT2D eigenvalue weighted by Crippen LogP contribution is -2.15. The van der Waals surface area contributed by atoms with Crippen molar-refractivity contribution in [2.24, 2.45) is 0 Å². The maximum absolute atomic E-state index is 12.3. The summed E-state index contributed by atoms with van der Waals surface area (Å²) in [4.78, 5) is 23.3. The molecule has 0 aliphatic heterocycles. The number of benzene rings is 2. The minimum Gasteiger partial charge on any atom is -0.478 e. The first-order chi connectivity index (χ1) is 10.7. The van der Waals surface area contributed by atoms with E-state index < -0.39 is 5.97 Å². The number of anilines is 2. The fraction of sp³-hybridized carbons (Fsp3) is 0.222. The summed E-state index contributed by atoms with van der Waals surface area (Å²) in [7, 11) is 0. The van der Waals surface area contributed by atoms with Gasteiger partial charge in [-0.3, -0.25) is 4.79 Å². The van der Waals surface area contributed by atoms with Crippen LogP contribution in [0.15, 0.2) is 42.5 Å². The summed E-state index contributed by atoms with van der Waals surface area (Å²) >= 11 is 0. The smallest absolute Gasteiger partial charge is 0.335 e. The molecule has 0 unspecified atom stereocenters. The Morgan fingerprint density at radius 1 is 1.00 bits per heavy atom. The second-order valence-corrected chi connectivity index (χ2v) is 6.39. The summed E-state index contributed by atoms with van der Waals surface area (Å²) in [6.07, 6.45) is 0. The second kappa shape index (κ2) is 6.12. The Labute approximate surface area is 135 Å². The van der Waals surface area contributed by atoms with Crippen molar-refractivity contribution >= 4 is 23.3 Å². The minimum atomic E-state index is -1.07. The third-order valence-electron chi connectivity index (χ3n) is 3.56. The number of nitrogen functional groups attached to an aromatic ring is 1. The molecular weight excluding hydrogens is 292 g/mol. The number of carbonyl (C=O) groups excluding carboxylic acids is 1. The molecule has 5 heteroatoms. The zero-order valence-corrected chi connectivity index (χ0v) is 13.4. The van der Waals surface area contributed by atoms with Crippen molar-refractivity contribution in [1.82, 2.24) is 0 Å². The number of amides is 1. The number of hydrogen-bond acceptors (Lipinski definition) is 3. The average Bonchev–Trinajstić information content (AvgIpc) is 2.48. The SMILES string of the molecule is CC(C)(C)c1ccc(C(=O)Nc2cc(C(=O)O)ccc2N)cc1. The van der Waals surface area contributed by atoms with Gasteiger partial charge in [0.2, 0.25) is 0 Å². The van der Waals surface area contributed by atoms with Gasteiger partial charge >= 0.3 is 5.97 Å². The summed E-state index contributed by atoms with van der Waals surface area (Å²) < 4.78 is 0. The van der Waals surface area contributed by atoms with Crippen molar-refractivity contribution in [3.05, 3.63) is 59.2 Å². The molecule has 0 aliphatic carbocycles. The highest BCUT2D eigenvalue weighted by Gasteiger charge is 2.15. The fourth-order valence-corrected chi connectivity index (χ4v) is 2.11. The monoisotopic (exact) mass is 312 g/mol. The van der Waals surface area contributed by atoms with Gasteiger partial charge in [-0.2, -0.15) is 0 Å². The Hall–Kier alpha value is -2.82. The number of carboxylic acids is 1. The molecular formula is C18H20N2O3. The molecule has 2 aromatic rings. The zero-order valence-electron chi connectivity index (χ0n) is 13.4. The number of hydrogen-bond donors (Lipinski definition) is 3. The van der Waals surface area contributed by atoms with Gasteiger partial charge in [-0.1, -0.05) is 32.9 Å². The molecule has 2 aromatic carbocycles. The van der Waals surface area contributed by atoms with E-state index in [0.717, 1.165) is 5.56 Å². The predicted octanol–water partition coefficient (Wildman–Crippen LogP) is 3.52. The van der Waals surface area contributed by atoms with Gasteiger partial charge in [-0.05, 0) is 41.3 Å². The Morgan fingerprint density at radius 2 is 1.57 bits per heavy atom. The molecule has 0 aliphatic rings. The molecule has 0 radical (unpaired) electrons. The van der Waals surface area contributed by atoms with Gasteiger partial charge in [0.25, 0.3) is 5.91 Å². The number of carbonyl (C=O) groups is 2. The van der Waals surface area contributed by atoms with Crippen LogP contribution in [-0.2, 0) is 5.41 Å². The van der Waals surface area contributed by atoms with Gasteiger partial charge in [0, 0.05) is 5.56 Å². The molecule has 0 aromatic heterocycles. The van der Waals surface area contributed by atoms with Crippen molar-refractivity contribution in [1.29, 1.82) is 0 Å². The summed E-state index contributed by atoms with van der Waals surface area (Å²) in [5, 5.41) is 11.7. The molecule has 0 heterocycles. The van der Waals surface area contributed by atoms with Gasteiger partial charge in [-0.25, -0.2) is 4.79 Å². The van der Waals surface area contributed by atoms with Crippen LogP contribution in [0.5, 0.6) is 0 Å². The minimum absolute atomic E-state index is 0.00918. The number of aromatic carboxylic acids is 1. The Morgan fingerprint density at radius 3 is 2.09 bits per heavy atom. The van der Waals surface area contributed by atoms with Crippen molar-refractivity contribution in [2.75, 3.05) is 11.1 Å². The van der Waals surface area contributed by atoms with Crippen LogP contribution in [0.1, 0.15) is 47.1 Å². The molecule has 0 atom stereocenters. The highest BCUT2D eigenvalue weighted by Crippen LogP contribution is 2.24. The van der Waals surface area contributed by atoms with E-state index in [9.17, 15) is 9.59 Å². The first kappa shape index (κ1) is 16.5. The van der Waals surface area contributed by atoms with Crippen LogP contribution in [0.2, 0.25) is 0 Å². The molecule has 0 saturated heterocycles. The van der Waals surface area contributed by atoms with Crippen LogP contribution in [0.4, 0.5) is 11.4 Å². The van der Waals surface area contributed by atoms with E-state index in [0.29, 0.717) is 11.3 Å². The van der Waals surface area contributed by atoms with Crippen LogP contribution < -0.4 is 11.1 Å². The molecule has 120 valence electrons. The van der Waals surface area contributed by atoms with Crippen molar-refractivity contribution in [3.8, 4) is 0 Å². The molecule has 4 N–H and O–H groups in total. The van der Waals surface area contributed by atoms with Gasteiger partial charge in [0.15, 0.2) is 0 Å². The van der Waals surface area contributed by atoms with E-state index in [1.165, 1.54) is 18.2 Å². The van der Waals surface area contributed by atoms with Crippen molar-refractivity contribution in [3.63, 3.8) is 0 Å². The normalized spacial score (nSPS) is 11.1. The topological polar surface area (TPSA) is 92.4 Å². The van der Waals surface area contributed by atoms with Crippen LogP contribution in [0.3, 0.4) is 0 Å². The lowest BCUT2D eigenvalue weighted by molar-refractivity contribution is 0.0696. The van der Waals surface area contributed by atoms with E-state index in [1.807, 2.05) is 12.1 Å². The standard InChI is InChI=1S/C18H20N2O3/c1-18(2,3)13-7-4-11(5-8-13)16(21)20-15-10-12(17(22)23)6-9-14(15)19/h4-10H,19H2,1-3H3,(H,20,21)(H,22,23). The molecule has 0 fully saturated rings. The van der Waals surface area contributed by atoms with Crippen molar-refractivity contribution < 1.29 is 14.7 Å². The predicted molar refractivity (Wildman–Crippen MR) is 90.9 cm³/mol. The molecule has 23 heavy (non-hydrogen) atoms. The summed E-state index contributed by atoms with van der Waals surface area (Å²) in [6.45, 7) is 6.29. The lowest BCUT2D eigenvalue weighted by atomic mass is 9.87. The third-order valence-corrected chi connectivity index (χ3v) is 3.56. The van der Waals surface area contributed by atoms with E-state index >= 15 is 0 Å².